The summed E-state index contributed by atoms with van der Waals surface area (Å²) in [6, 6.07) is 7.59. The van der Waals surface area contributed by atoms with Gasteiger partial charge in [0, 0.05) is 18.9 Å². The first kappa shape index (κ1) is 13.9. The number of hydrogen-bond acceptors (Lipinski definition) is 3. The minimum Gasteiger partial charge on any atom is -0.497 e. The molecule has 4 heteroatoms. The predicted octanol–water partition coefficient (Wildman–Crippen LogP) is 1.51. The SMILES string of the molecule is COc1ccc(C[C@](C)(O)CNC(=O)C2CC2)cc1. The average Bonchev–Trinajstić information content (AvgIpc) is 3.21. The minimum atomic E-state index is -0.931. The lowest BCUT2D eigenvalue weighted by molar-refractivity contribution is -0.123. The number of benzene rings is 1. The van der Waals surface area contributed by atoms with Crippen LogP contribution in [0.1, 0.15) is 25.3 Å². The molecule has 0 bridgehead atoms. The number of rotatable bonds is 6. The molecule has 0 heterocycles. The van der Waals surface area contributed by atoms with Crippen LogP contribution in [0.5, 0.6) is 5.75 Å². The van der Waals surface area contributed by atoms with Gasteiger partial charge in [-0.15, -0.1) is 0 Å². The van der Waals surface area contributed by atoms with Crippen LogP contribution in [0, 0.1) is 5.92 Å². The Morgan fingerprint density at radius 1 is 1.42 bits per heavy atom. The van der Waals surface area contributed by atoms with Gasteiger partial charge in [0.1, 0.15) is 5.75 Å². The van der Waals surface area contributed by atoms with E-state index in [-0.39, 0.29) is 18.4 Å². The molecule has 1 aliphatic carbocycles. The van der Waals surface area contributed by atoms with Gasteiger partial charge in [-0.25, -0.2) is 0 Å². The van der Waals surface area contributed by atoms with Gasteiger partial charge in [0.25, 0.3) is 0 Å². The third-order valence-corrected chi connectivity index (χ3v) is 3.34. The monoisotopic (exact) mass is 263 g/mol. The quantitative estimate of drug-likeness (QED) is 0.818. The fraction of sp³-hybridized carbons (Fsp3) is 0.533. The van der Waals surface area contributed by atoms with E-state index in [4.69, 9.17) is 4.74 Å². The van der Waals surface area contributed by atoms with Crippen molar-refractivity contribution >= 4 is 5.91 Å². The number of ether oxygens (including phenoxy) is 1. The molecule has 1 aromatic rings. The second kappa shape index (κ2) is 5.61. The van der Waals surface area contributed by atoms with Crippen LogP contribution < -0.4 is 10.1 Å². The number of nitrogens with one attached hydrogen (secondary N) is 1. The van der Waals surface area contributed by atoms with Gasteiger partial charge in [-0.05, 0) is 37.5 Å². The van der Waals surface area contributed by atoms with E-state index < -0.39 is 5.60 Å². The lowest BCUT2D eigenvalue weighted by atomic mass is 9.96. The highest BCUT2D eigenvalue weighted by Gasteiger charge is 2.31. The fourth-order valence-electron chi connectivity index (χ4n) is 2.01. The molecular formula is C15H21NO3. The maximum atomic E-state index is 11.5. The molecule has 2 rings (SSSR count). The number of carbonyl (C=O) groups excluding carboxylic acids is 1. The van der Waals surface area contributed by atoms with Crippen LogP contribution in [0.25, 0.3) is 0 Å². The first-order valence-electron chi connectivity index (χ1n) is 6.63. The zero-order valence-corrected chi connectivity index (χ0v) is 11.5. The van der Waals surface area contributed by atoms with Crippen LogP contribution in [0.15, 0.2) is 24.3 Å². The van der Waals surface area contributed by atoms with Crippen molar-refractivity contribution in [3.05, 3.63) is 29.8 Å². The standard InChI is InChI=1S/C15H21NO3/c1-15(18,10-16-14(17)12-5-6-12)9-11-3-7-13(19-2)8-4-11/h3-4,7-8,12,18H,5-6,9-10H2,1-2H3,(H,16,17)/t15-/m0/s1. The number of amides is 1. The van der Waals surface area contributed by atoms with E-state index in [1.807, 2.05) is 24.3 Å². The van der Waals surface area contributed by atoms with Crippen molar-refractivity contribution < 1.29 is 14.6 Å². The molecule has 0 aliphatic heterocycles. The molecule has 0 radical (unpaired) electrons. The summed E-state index contributed by atoms with van der Waals surface area (Å²) in [6.07, 6.45) is 2.46. The van der Waals surface area contributed by atoms with Crippen LogP contribution in [0.4, 0.5) is 0 Å². The highest BCUT2D eigenvalue weighted by molar-refractivity contribution is 5.80. The topological polar surface area (TPSA) is 58.6 Å². The molecule has 0 saturated heterocycles. The van der Waals surface area contributed by atoms with Gasteiger partial charge in [0.15, 0.2) is 0 Å². The third-order valence-electron chi connectivity index (χ3n) is 3.34. The normalized spacial score (nSPS) is 17.6. The molecule has 1 fully saturated rings. The molecule has 19 heavy (non-hydrogen) atoms. The average molecular weight is 263 g/mol. The van der Waals surface area contributed by atoms with Gasteiger partial charge < -0.3 is 15.2 Å². The summed E-state index contributed by atoms with van der Waals surface area (Å²) in [4.78, 5) is 11.5. The molecule has 0 unspecified atom stereocenters. The zero-order valence-electron chi connectivity index (χ0n) is 11.5. The van der Waals surface area contributed by atoms with Gasteiger partial charge in [0.05, 0.1) is 12.7 Å². The number of hydrogen-bond donors (Lipinski definition) is 2. The summed E-state index contributed by atoms with van der Waals surface area (Å²) in [7, 11) is 1.62. The van der Waals surface area contributed by atoms with E-state index in [0.29, 0.717) is 6.42 Å². The van der Waals surface area contributed by atoms with Crippen LogP contribution in [-0.4, -0.2) is 30.3 Å². The maximum Gasteiger partial charge on any atom is 0.223 e. The van der Waals surface area contributed by atoms with Crippen molar-refractivity contribution in [3.63, 3.8) is 0 Å². The molecule has 1 aliphatic rings. The minimum absolute atomic E-state index is 0.0648. The van der Waals surface area contributed by atoms with Crippen molar-refractivity contribution in [1.82, 2.24) is 5.32 Å². The Morgan fingerprint density at radius 2 is 2.05 bits per heavy atom. The molecule has 0 spiro atoms. The lowest BCUT2D eigenvalue weighted by Gasteiger charge is -2.24. The zero-order chi connectivity index (χ0) is 13.9. The highest BCUT2D eigenvalue weighted by atomic mass is 16.5. The van der Waals surface area contributed by atoms with Crippen molar-refractivity contribution in [2.24, 2.45) is 5.92 Å². The first-order chi connectivity index (χ1) is 9.00. The molecule has 1 aromatic carbocycles. The van der Waals surface area contributed by atoms with Gasteiger partial charge >= 0.3 is 0 Å². The summed E-state index contributed by atoms with van der Waals surface area (Å²) >= 11 is 0. The van der Waals surface area contributed by atoms with Crippen molar-refractivity contribution in [3.8, 4) is 5.75 Å². The van der Waals surface area contributed by atoms with Gasteiger partial charge in [-0.1, -0.05) is 12.1 Å². The molecule has 0 aromatic heterocycles. The predicted molar refractivity (Wildman–Crippen MR) is 73.1 cm³/mol. The van der Waals surface area contributed by atoms with E-state index in [1.165, 1.54) is 0 Å². The summed E-state index contributed by atoms with van der Waals surface area (Å²) in [5.74, 6) is 1.04. The highest BCUT2D eigenvalue weighted by Crippen LogP contribution is 2.28. The Hall–Kier alpha value is -1.55. The second-order valence-corrected chi connectivity index (χ2v) is 5.51. The van der Waals surface area contributed by atoms with E-state index in [2.05, 4.69) is 5.32 Å². The van der Waals surface area contributed by atoms with Crippen molar-refractivity contribution in [2.45, 2.75) is 31.8 Å². The maximum absolute atomic E-state index is 11.5. The van der Waals surface area contributed by atoms with Crippen LogP contribution in [0.2, 0.25) is 0 Å². The molecule has 1 amide bonds. The Morgan fingerprint density at radius 3 is 2.58 bits per heavy atom. The van der Waals surface area contributed by atoms with E-state index in [9.17, 15) is 9.90 Å². The Kier molecular flexibility index (Phi) is 4.10. The molecule has 2 N–H and O–H groups in total. The summed E-state index contributed by atoms with van der Waals surface area (Å²) < 4.78 is 5.09. The fourth-order valence-corrected chi connectivity index (χ4v) is 2.01. The van der Waals surface area contributed by atoms with E-state index in [1.54, 1.807) is 14.0 Å². The largest absolute Gasteiger partial charge is 0.497 e. The Labute approximate surface area is 113 Å². The smallest absolute Gasteiger partial charge is 0.223 e. The van der Waals surface area contributed by atoms with Crippen molar-refractivity contribution in [1.29, 1.82) is 0 Å². The van der Waals surface area contributed by atoms with Crippen molar-refractivity contribution in [2.75, 3.05) is 13.7 Å². The van der Waals surface area contributed by atoms with Gasteiger partial charge in [-0.2, -0.15) is 0 Å². The second-order valence-electron chi connectivity index (χ2n) is 5.51. The van der Waals surface area contributed by atoms with Crippen LogP contribution in [0.3, 0.4) is 0 Å². The van der Waals surface area contributed by atoms with Crippen LogP contribution in [-0.2, 0) is 11.2 Å². The summed E-state index contributed by atoms with van der Waals surface area (Å²) in [5.41, 5.74) is 0.0885. The number of methoxy groups -OCH3 is 1. The third kappa shape index (κ3) is 4.24. The van der Waals surface area contributed by atoms with Gasteiger partial charge in [-0.3, -0.25) is 4.79 Å². The molecule has 104 valence electrons. The molecule has 1 saturated carbocycles. The number of aliphatic hydroxyl groups is 1. The summed E-state index contributed by atoms with van der Waals surface area (Å²) in [5, 5.41) is 13.1. The Bertz CT molecular complexity index is 435. The van der Waals surface area contributed by atoms with Gasteiger partial charge in [0.2, 0.25) is 5.91 Å². The van der Waals surface area contributed by atoms with E-state index >= 15 is 0 Å². The Balaban J connectivity index is 1.85. The summed E-state index contributed by atoms with van der Waals surface area (Å²) in [6.45, 7) is 2.03. The molecular weight excluding hydrogens is 242 g/mol. The molecule has 1 atom stereocenters. The lowest BCUT2D eigenvalue weighted by Crippen LogP contribution is -2.42. The molecule has 4 nitrogen and oxygen atoms in total. The first-order valence-corrected chi connectivity index (χ1v) is 6.63. The van der Waals surface area contributed by atoms with E-state index in [0.717, 1.165) is 24.2 Å². The van der Waals surface area contributed by atoms with Crippen LogP contribution >= 0.6 is 0 Å². The number of carbonyl (C=O) groups is 1.